The number of methoxy groups -OCH3 is 1. The van der Waals surface area contributed by atoms with Crippen molar-refractivity contribution in [1.29, 1.82) is 0 Å². The van der Waals surface area contributed by atoms with E-state index in [-0.39, 0.29) is 0 Å². The van der Waals surface area contributed by atoms with E-state index < -0.39 is 0 Å². The molecule has 0 bridgehead atoms. The predicted molar refractivity (Wildman–Crippen MR) is 77.6 cm³/mol. The summed E-state index contributed by atoms with van der Waals surface area (Å²) < 4.78 is 7.47. The number of anilines is 1. The number of aromatic nitrogens is 2. The minimum absolute atomic E-state index is 0.353. The van der Waals surface area contributed by atoms with Gasteiger partial charge in [-0.15, -0.1) is 0 Å². The van der Waals surface area contributed by atoms with Crippen molar-refractivity contribution < 1.29 is 4.74 Å². The molecule has 1 saturated heterocycles. The highest BCUT2D eigenvalue weighted by atomic mass is 16.5. The van der Waals surface area contributed by atoms with Gasteiger partial charge in [0.25, 0.3) is 0 Å². The third-order valence-electron chi connectivity index (χ3n) is 3.82. The summed E-state index contributed by atoms with van der Waals surface area (Å²) in [6.07, 6.45) is 2.61. The summed E-state index contributed by atoms with van der Waals surface area (Å²) in [4.78, 5) is 2.40. The molecule has 1 aliphatic rings. The summed E-state index contributed by atoms with van der Waals surface area (Å²) in [6.45, 7) is 8.25. The van der Waals surface area contributed by atoms with E-state index in [1.54, 1.807) is 7.11 Å². The van der Waals surface area contributed by atoms with Gasteiger partial charge in [0.2, 0.25) is 0 Å². The summed E-state index contributed by atoms with van der Waals surface area (Å²) in [5.41, 5.74) is 2.45. The lowest BCUT2D eigenvalue weighted by Gasteiger charge is -2.20. The van der Waals surface area contributed by atoms with Gasteiger partial charge in [-0.1, -0.05) is 6.92 Å². The molecule has 1 N–H and O–H groups in total. The molecule has 2 heterocycles. The Morgan fingerprint density at radius 2 is 2.26 bits per heavy atom. The van der Waals surface area contributed by atoms with Gasteiger partial charge in [-0.3, -0.25) is 4.68 Å². The number of hydrogen-bond donors (Lipinski definition) is 1. The largest absolute Gasteiger partial charge is 0.380 e. The van der Waals surface area contributed by atoms with Crippen LogP contribution in [0.25, 0.3) is 0 Å². The van der Waals surface area contributed by atoms with Gasteiger partial charge in [0.15, 0.2) is 0 Å². The Morgan fingerprint density at radius 1 is 1.47 bits per heavy atom. The highest BCUT2D eigenvalue weighted by molar-refractivity contribution is 5.51. The van der Waals surface area contributed by atoms with E-state index in [2.05, 4.69) is 29.2 Å². The first kappa shape index (κ1) is 14.3. The third-order valence-corrected chi connectivity index (χ3v) is 3.82. The molecule has 5 nitrogen and oxygen atoms in total. The molecule has 19 heavy (non-hydrogen) atoms. The molecule has 1 aromatic heterocycles. The van der Waals surface area contributed by atoms with E-state index in [1.165, 1.54) is 11.4 Å². The second-order valence-electron chi connectivity index (χ2n) is 5.28. The number of aryl methyl sites for hydroxylation is 2. The standard InChI is InChI=1S/C14H26N4O/c1-5-7-15-9-13-11(2)16-17(3)14(13)18-8-6-12(10-18)19-4/h12,15H,5-10H2,1-4H3. The Bertz CT molecular complexity index is 416. The van der Waals surface area contributed by atoms with Gasteiger partial charge in [-0.25, -0.2) is 0 Å². The lowest BCUT2D eigenvalue weighted by Crippen LogP contribution is -2.26. The lowest BCUT2D eigenvalue weighted by atomic mass is 10.2. The molecule has 108 valence electrons. The molecule has 2 rings (SSSR count). The van der Waals surface area contributed by atoms with Gasteiger partial charge in [0, 0.05) is 39.4 Å². The fourth-order valence-electron chi connectivity index (χ4n) is 2.80. The smallest absolute Gasteiger partial charge is 0.131 e. The van der Waals surface area contributed by atoms with Crippen LogP contribution in [0.4, 0.5) is 5.82 Å². The van der Waals surface area contributed by atoms with Crippen LogP contribution in [0.15, 0.2) is 0 Å². The summed E-state index contributed by atoms with van der Waals surface area (Å²) >= 11 is 0. The van der Waals surface area contributed by atoms with Crippen LogP contribution in [0.3, 0.4) is 0 Å². The molecule has 1 aromatic rings. The topological polar surface area (TPSA) is 42.3 Å². The second-order valence-corrected chi connectivity index (χ2v) is 5.28. The molecular formula is C14H26N4O. The molecule has 0 aromatic carbocycles. The molecule has 0 saturated carbocycles. The Morgan fingerprint density at radius 3 is 2.89 bits per heavy atom. The first-order valence-corrected chi connectivity index (χ1v) is 7.18. The van der Waals surface area contributed by atoms with E-state index in [1.807, 2.05) is 11.7 Å². The van der Waals surface area contributed by atoms with E-state index in [0.29, 0.717) is 6.10 Å². The summed E-state index contributed by atoms with van der Waals surface area (Å²) in [6, 6.07) is 0. The molecule has 1 aliphatic heterocycles. The summed E-state index contributed by atoms with van der Waals surface area (Å²) in [5.74, 6) is 1.25. The average molecular weight is 266 g/mol. The van der Waals surface area contributed by atoms with Crippen LogP contribution < -0.4 is 10.2 Å². The molecule has 1 fully saturated rings. The van der Waals surface area contributed by atoms with E-state index in [0.717, 1.165) is 44.7 Å². The van der Waals surface area contributed by atoms with Crippen molar-refractivity contribution >= 4 is 5.82 Å². The van der Waals surface area contributed by atoms with Crippen molar-refractivity contribution in [2.45, 2.75) is 39.3 Å². The zero-order chi connectivity index (χ0) is 13.8. The zero-order valence-electron chi connectivity index (χ0n) is 12.6. The molecule has 5 heteroatoms. The van der Waals surface area contributed by atoms with Crippen molar-refractivity contribution in [1.82, 2.24) is 15.1 Å². The highest BCUT2D eigenvalue weighted by Gasteiger charge is 2.27. The number of ether oxygens (including phenoxy) is 1. The lowest BCUT2D eigenvalue weighted by molar-refractivity contribution is 0.121. The Balaban J connectivity index is 2.14. The maximum Gasteiger partial charge on any atom is 0.131 e. The molecule has 0 spiro atoms. The van der Waals surface area contributed by atoms with Gasteiger partial charge < -0.3 is 15.0 Å². The number of nitrogens with zero attached hydrogens (tertiary/aromatic N) is 3. The minimum Gasteiger partial charge on any atom is -0.380 e. The SMILES string of the molecule is CCCNCc1c(C)nn(C)c1N1CCC(OC)C1. The van der Waals surface area contributed by atoms with Crippen molar-refractivity contribution in [3.05, 3.63) is 11.3 Å². The van der Waals surface area contributed by atoms with Crippen molar-refractivity contribution in [3.8, 4) is 0 Å². The Labute approximate surface area is 115 Å². The average Bonchev–Trinajstić information content (AvgIpc) is 2.95. The van der Waals surface area contributed by atoms with E-state index in [9.17, 15) is 0 Å². The Kier molecular flexibility index (Phi) is 4.82. The first-order valence-electron chi connectivity index (χ1n) is 7.18. The molecular weight excluding hydrogens is 240 g/mol. The second kappa shape index (κ2) is 6.39. The fourth-order valence-corrected chi connectivity index (χ4v) is 2.80. The quantitative estimate of drug-likeness (QED) is 0.792. The zero-order valence-corrected chi connectivity index (χ0v) is 12.6. The third kappa shape index (κ3) is 3.09. The summed E-state index contributed by atoms with van der Waals surface area (Å²) in [7, 11) is 3.83. The van der Waals surface area contributed by atoms with E-state index in [4.69, 9.17) is 4.74 Å². The van der Waals surface area contributed by atoms with Crippen LogP contribution in [0, 0.1) is 6.92 Å². The summed E-state index contributed by atoms with van der Waals surface area (Å²) in [5, 5.41) is 8.06. The van der Waals surface area contributed by atoms with Gasteiger partial charge in [0.1, 0.15) is 5.82 Å². The van der Waals surface area contributed by atoms with Crippen LogP contribution in [-0.2, 0) is 18.3 Å². The van der Waals surface area contributed by atoms with Gasteiger partial charge in [-0.2, -0.15) is 5.10 Å². The predicted octanol–water partition coefficient (Wildman–Crippen LogP) is 1.45. The van der Waals surface area contributed by atoms with Crippen LogP contribution in [-0.4, -0.2) is 42.6 Å². The molecule has 1 atom stereocenters. The molecule has 0 aliphatic carbocycles. The van der Waals surface area contributed by atoms with Crippen LogP contribution >= 0.6 is 0 Å². The highest BCUT2D eigenvalue weighted by Crippen LogP contribution is 2.27. The van der Waals surface area contributed by atoms with Crippen LogP contribution in [0.5, 0.6) is 0 Å². The first-order chi connectivity index (χ1) is 9.17. The molecule has 1 unspecified atom stereocenters. The van der Waals surface area contributed by atoms with Crippen molar-refractivity contribution in [2.75, 3.05) is 31.6 Å². The van der Waals surface area contributed by atoms with Gasteiger partial charge in [-0.05, 0) is 26.3 Å². The van der Waals surface area contributed by atoms with Crippen LogP contribution in [0.1, 0.15) is 31.0 Å². The van der Waals surface area contributed by atoms with Crippen LogP contribution in [0.2, 0.25) is 0 Å². The van der Waals surface area contributed by atoms with Gasteiger partial charge in [0.05, 0.1) is 11.8 Å². The molecule has 0 radical (unpaired) electrons. The monoisotopic (exact) mass is 266 g/mol. The normalized spacial score (nSPS) is 19.4. The van der Waals surface area contributed by atoms with Crippen molar-refractivity contribution in [2.24, 2.45) is 7.05 Å². The maximum absolute atomic E-state index is 5.46. The number of hydrogen-bond acceptors (Lipinski definition) is 4. The fraction of sp³-hybridized carbons (Fsp3) is 0.786. The number of nitrogens with one attached hydrogen (secondary N) is 1. The van der Waals surface area contributed by atoms with E-state index >= 15 is 0 Å². The van der Waals surface area contributed by atoms with Crippen molar-refractivity contribution in [3.63, 3.8) is 0 Å². The minimum atomic E-state index is 0.353. The van der Waals surface area contributed by atoms with Gasteiger partial charge >= 0.3 is 0 Å². The maximum atomic E-state index is 5.46. The molecule has 0 amide bonds. The number of rotatable bonds is 6. The Hall–Kier alpha value is -1.07.